The van der Waals surface area contributed by atoms with Crippen LogP contribution in [-0.4, -0.2) is 7.11 Å². The fraction of sp³-hybridized carbons (Fsp3) is 0.250. The van der Waals surface area contributed by atoms with Crippen LogP contribution in [0, 0.1) is 17.5 Å². The number of hydrogen-bond donors (Lipinski definition) is 1. The molecule has 2 nitrogen and oxygen atoms in total. The average Bonchev–Trinajstić information content (AvgIpc) is 2.47. The Balaban J connectivity index is 2.06. The third-order valence-electron chi connectivity index (χ3n) is 3.28. The van der Waals surface area contributed by atoms with E-state index in [1.165, 1.54) is 19.2 Å². The topological polar surface area (TPSA) is 21.3 Å². The molecule has 0 radical (unpaired) electrons. The fourth-order valence-corrected chi connectivity index (χ4v) is 2.01. The SMILES string of the molecule is COc1ccc(C(C)NCc2cc(F)ccc2F)cc1F. The van der Waals surface area contributed by atoms with Crippen molar-refractivity contribution in [3.05, 3.63) is 65.0 Å². The summed E-state index contributed by atoms with van der Waals surface area (Å²) in [5, 5.41) is 3.03. The lowest BCUT2D eigenvalue weighted by Gasteiger charge is -2.15. The van der Waals surface area contributed by atoms with Crippen LogP contribution >= 0.6 is 0 Å². The van der Waals surface area contributed by atoms with E-state index in [2.05, 4.69) is 5.32 Å². The van der Waals surface area contributed by atoms with Gasteiger partial charge in [0, 0.05) is 18.2 Å². The minimum Gasteiger partial charge on any atom is -0.494 e. The standard InChI is InChI=1S/C16H16F3NO/c1-10(11-3-6-16(21-2)15(19)8-11)20-9-12-7-13(17)4-5-14(12)18/h3-8,10,20H,9H2,1-2H3. The Morgan fingerprint density at radius 2 is 1.81 bits per heavy atom. The molecule has 0 aliphatic rings. The minimum atomic E-state index is -0.489. The van der Waals surface area contributed by atoms with Gasteiger partial charge in [0.1, 0.15) is 11.6 Å². The van der Waals surface area contributed by atoms with E-state index >= 15 is 0 Å². The first-order valence-electron chi connectivity index (χ1n) is 6.52. The van der Waals surface area contributed by atoms with Gasteiger partial charge in [0.25, 0.3) is 0 Å². The van der Waals surface area contributed by atoms with Crippen molar-refractivity contribution in [2.45, 2.75) is 19.5 Å². The van der Waals surface area contributed by atoms with Crippen LogP contribution < -0.4 is 10.1 Å². The lowest BCUT2D eigenvalue weighted by molar-refractivity contribution is 0.385. The van der Waals surface area contributed by atoms with Gasteiger partial charge in [-0.15, -0.1) is 0 Å². The number of ether oxygens (including phenoxy) is 1. The highest BCUT2D eigenvalue weighted by Crippen LogP contribution is 2.22. The summed E-state index contributed by atoms with van der Waals surface area (Å²) in [4.78, 5) is 0. The zero-order valence-electron chi connectivity index (χ0n) is 11.8. The second kappa shape index (κ2) is 6.63. The van der Waals surface area contributed by atoms with E-state index in [-0.39, 0.29) is 23.9 Å². The summed E-state index contributed by atoms with van der Waals surface area (Å²) in [5.41, 5.74) is 0.931. The van der Waals surface area contributed by atoms with E-state index in [1.54, 1.807) is 6.07 Å². The van der Waals surface area contributed by atoms with E-state index < -0.39 is 17.5 Å². The molecule has 0 saturated carbocycles. The van der Waals surface area contributed by atoms with Gasteiger partial charge in [-0.3, -0.25) is 0 Å². The van der Waals surface area contributed by atoms with E-state index in [1.807, 2.05) is 6.92 Å². The Kier molecular flexibility index (Phi) is 4.85. The molecule has 1 unspecified atom stereocenters. The Bertz CT molecular complexity index is 631. The molecule has 0 aromatic heterocycles. The third kappa shape index (κ3) is 3.76. The number of halogens is 3. The predicted molar refractivity (Wildman–Crippen MR) is 74.6 cm³/mol. The normalized spacial score (nSPS) is 12.2. The van der Waals surface area contributed by atoms with Crippen LogP contribution in [0.2, 0.25) is 0 Å². The number of hydrogen-bond acceptors (Lipinski definition) is 2. The molecule has 0 spiro atoms. The molecule has 0 amide bonds. The monoisotopic (exact) mass is 295 g/mol. The Hall–Kier alpha value is -2.01. The van der Waals surface area contributed by atoms with E-state index in [0.717, 1.165) is 18.2 Å². The van der Waals surface area contributed by atoms with Gasteiger partial charge in [-0.05, 0) is 42.8 Å². The Labute approximate surface area is 121 Å². The van der Waals surface area contributed by atoms with Crippen molar-refractivity contribution < 1.29 is 17.9 Å². The first-order chi connectivity index (χ1) is 10.0. The van der Waals surface area contributed by atoms with Gasteiger partial charge in [-0.25, -0.2) is 13.2 Å². The molecule has 2 aromatic rings. The molecule has 5 heteroatoms. The maximum absolute atomic E-state index is 13.6. The second-order valence-electron chi connectivity index (χ2n) is 4.73. The molecule has 0 bridgehead atoms. The van der Waals surface area contributed by atoms with Crippen LogP contribution in [0.3, 0.4) is 0 Å². The highest BCUT2D eigenvalue weighted by Gasteiger charge is 2.11. The van der Waals surface area contributed by atoms with Gasteiger partial charge in [0.2, 0.25) is 0 Å². The van der Waals surface area contributed by atoms with Gasteiger partial charge in [0.15, 0.2) is 11.6 Å². The van der Waals surface area contributed by atoms with E-state index in [9.17, 15) is 13.2 Å². The van der Waals surface area contributed by atoms with Crippen LogP contribution in [0.25, 0.3) is 0 Å². The predicted octanol–water partition coefficient (Wildman–Crippen LogP) is 3.96. The van der Waals surface area contributed by atoms with Crippen LogP contribution in [0.4, 0.5) is 13.2 Å². The first kappa shape index (κ1) is 15.4. The van der Waals surface area contributed by atoms with Gasteiger partial charge in [-0.2, -0.15) is 0 Å². The summed E-state index contributed by atoms with van der Waals surface area (Å²) < 4.78 is 45.1. The van der Waals surface area contributed by atoms with Crippen molar-refractivity contribution >= 4 is 0 Å². The molecule has 21 heavy (non-hydrogen) atoms. The van der Waals surface area contributed by atoms with Crippen molar-refractivity contribution in [3.63, 3.8) is 0 Å². The van der Waals surface area contributed by atoms with Crippen molar-refractivity contribution in [2.24, 2.45) is 0 Å². The number of nitrogens with one attached hydrogen (secondary N) is 1. The van der Waals surface area contributed by atoms with Crippen LogP contribution in [0.1, 0.15) is 24.1 Å². The molecule has 0 heterocycles. The van der Waals surface area contributed by atoms with E-state index in [4.69, 9.17) is 4.74 Å². The molecule has 1 N–H and O–H groups in total. The molecule has 112 valence electrons. The van der Waals surface area contributed by atoms with Crippen molar-refractivity contribution in [3.8, 4) is 5.75 Å². The number of benzene rings is 2. The lowest BCUT2D eigenvalue weighted by Crippen LogP contribution is -2.19. The highest BCUT2D eigenvalue weighted by atomic mass is 19.1. The summed E-state index contributed by atoms with van der Waals surface area (Å²) in [6.07, 6.45) is 0. The second-order valence-corrected chi connectivity index (χ2v) is 4.73. The smallest absolute Gasteiger partial charge is 0.165 e. The first-order valence-corrected chi connectivity index (χ1v) is 6.52. The molecular weight excluding hydrogens is 279 g/mol. The maximum atomic E-state index is 13.6. The van der Waals surface area contributed by atoms with Crippen molar-refractivity contribution in [2.75, 3.05) is 7.11 Å². The zero-order valence-corrected chi connectivity index (χ0v) is 11.8. The Morgan fingerprint density at radius 1 is 1.05 bits per heavy atom. The number of rotatable bonds is 5. The van der Waals surface area contributed by atoms with Crippen LogP contribution in [0.15, 0.2) is 36.4 Å². The third-order valence-corrected chi connectivity index (χ3v) is 3.28. The summed E-state index contributed by atoms with van der Waals surface area (Å²) >= 11 is 0. The molecule has 1 atom stereocenters. The van der Waals surface area contributed by atoms with Crippen molar-refractivity contribution in [1.29, 1.82) is 0 Å². The van der Waals surface area contributed by atoms with Gasteiger partial charge < -0.3 is 10.1 Å². The van der Waals surface area contributed by atoms with Gasteiger partial charge in [0.05, 0.1) is 7.11 Å². The molecular formula is C16H16F3NO. The summed E-state index contributed by atoms with van der Waals surface area (Å²) in [6, 6.07) is 7.70. The molecule has 0 aliphatic heterocycles. The number of methoxy groups -OCH3 is 1. The summed E-state index contributed by atoms with van der Waals surface area (Å²) in [7, 11) is 1.40. The zero-order chi connectivity index (χ0) is 15.4. The van der Waals surface area contributed by atoms with E-state index in [0.29, 0.717) is 5.56 Å². The molecule has 0 aliphatic carbocycles. The highest BCUT2D eigenvalue weighted by molar-refractivity contribution is 5.31. The van der Waals surface area contributed by atoms with Gasteiger partial charge in [-0.1, -0.05) is 6.07 Å². The minimum absolute atomic E-state index is 0.151. The molecule has 0 fully saturated rings. The summed E-state index contributed by atoms with van der Waals surface area (Å²) in [6.45, 7) is 1.97. The molecule has 0 saturated heterocycles. The largest absolute Gasteiger partial charge is 0.494 e. The van der Waals surface area contributed by atoms with Crippen LogP contribution in [-0.2, 0) is 6.54 Å². The molecule has 2 aromatic carbocycles. The van der Waals surface area contributed by atoms with Crippen molar-refractivity contribution in [1.82, 2.24) is 5.32 Å². The average molecular weight is 295 g/mol. The Morgan fingerprint density at radius 3 is 2.48 bits per heavy atom. The van der Waals surface area contributed by atoms with Gasteiger partial charge >= 0.3 is 0 Å². The maximum Gasteiger partial charge on any atom is 0.165 e. The fourth-order valence-electron chi connectivity index (χ4n) is 2.01. The quantitative estimate of drug-likeness (QED) is 0.901. The van der Waals surface area contributed by atoms with Crippen LogP contribution in [0.5, 0.6) is 5.75 Å². The lowest BCUT2D eigenvalue weighted by atomic mass is 10.1. The molecule has 2 rings (SSSR count). The summed E-state index contributed by atoms with van der Waals surface area (Å²) in [5.74, 6) is -1.25.